The standard InChI is InChI=1S/C16H29NO3/c1-2-17-15(14-5-3-4-8-19-14)13-6-9-20-16(11-13)7-10-18-12-16/h13-15,17H,2-12H2,1H3. The Hall–Kier alpha value is -0.160. The topological polar surface area (TPSA) is 39.7 Å². The first-order valence-corrected chi connectivity index (χ1v) is 8.40. The number of ether oxygens (including phenoxy) is 3. The van der Waals surface area contributed by atoms with Gasteiger partial charge in [0.1, 0.15) is 0 Å². The fourth-order valence-electron chi connectivity index (χ4n) is 4.12. The molecule has 1 spiro atoms. The van der Waals surface area contributed by atoms with E-state index in [2.05, 4.69) is 12.2 Å². The third-order valence-electron chi connectivity index (χ3n) is 5.16. The second-order valence-corrected chi connectivity index (χ2v) is 6.58. The van der Waals surface area contributed by atoms with E-state index in [-0.39, 0.29) is 5.60 Å². The van der Waals surface area contributed by atoms with E-state index in [1.54, 1.807) is 0 Å². The van der Waals surface area contributed by atoms with Crippen LogP contribution in [0.15, 0.2) is 0 Å². The first kappa shape index (κ1) is 14.8. The van der Waals surface area contributed by atoms with Gasteiger partial charge in [0, 0.05) is 32.3 Å². The van der Waals surface area contributed by atoms with Crippen molar-refractivity contribution in [3.8, 4) is 0 Å². The van der Waals surface area contributed by atoms with Crippen molar-refractivity contribution in [2.45, 2.75) is 63.2 Å². The lowest BCUT2D eigenvalue weighted by atomic mass is 9.78. The van der Waals surface area contributed by atoms with Crippen LogP contribution in [0.5, 0.6) is 0 Å². The molecule has 0 aromatic carbocycles. The second kappa shape index (κ2) is 6.73. The molecule has 0 aromatic rings. The zero-order valence-electron chi connectivity index (χ0n) is 12.7. The third-order valence-corrected chi connectivity index (χ3v) is 5.16. The van der Waals surface area contributed by atoms with Gasteiger partial charge in [0.25, 0.3) is 0 Å². The predicted octanol–water partition coefficient (Wildman–Crippen LogP) is 2.12. The van der Waals surface area contributed by atoms with Crippen LogP contribution in [-0.2, 0) is 14.2 Å². The smallest absolute Gasteiger partial charge is 0.0939 e. The van der Waals surface area contributed by atoms with Gasteiger partial charge in [-0.05, 0) is 44.6 Å². The SMILES string of the molecule is CCNC(C1CCOC2(CCOC2)C1)C1CCCCO1. The lowest BCUT2D eigenvalue weighted by Crippen LogP contribution is -2.53. The number of hydrogen-bond donors (Lipinski definition) is 1. The van der Waals surface area contributed by atoms with Gasteiger partial charge < -0.3 is 19.5 Å². The molecule has 4 heteroatoms. The quantitative estimate of drug-likeness (QED) is 0.858. The van der Waals surface area contributed by atoms with E-state index in [9.17, 15) is 0 Å². The molecule has 3 aliphatic rings. The van der Waals surface area contributed by atoms with Crippen molar-refractivity contribution in [1.29, 1.82) is 0 Å². The molecule has 1 N–H and O–H groups in total. The maximum absolute atomic E-state index is 6.08. The molecule has 0 radical (unpaired) electrons. The minimum absolute atomic E-state index is 0.00521. The monoisotopic (exact) mass is 283 g/mol. The lowest BCUT2D eigenvalue weighted by Gasteiger charge is -2.43. The van der Waals surface area contributed by atoms with Crippen molar-refractivity contribution < 1.29 is 14.2 Å². The third kappa shape index (κ3) is 3.19. The summed E-state index contributed by atoms with van der Waals surface area (Å²) in [5.41, 5.74) is 0.00521. The van der Waals surface area contributed by atoms with Gasteiger partial charge in [-0.1, -0.05) is 6.92 Å². The highest BCUT2D eigenvalue weighted by molar-refractivity contribution is 4.96. The van der Waals surface area contributed by atoms with Crippen molar-refractivity contribution in [3.63, 3.8) is 0 Å². The minimum Gasteiger partial charge on any atom is -0.378 e. The molecule has 116 valence electrons. The van der Waals surface area contributed by atoms with E-state index in [0.29, 0.717) is 18.1 Å². The van der Waals surface area contributed by atoms with Crippen molar-refractivity contribution in [1.82, 2.24) is 5.32 Å². The van der Waals surface area contributed by atoms with Crippen LogP contribution in [0.25, 0.3) is 0 Å². The zero-order chi connectivity index (χ0) is 13.8. The number of rotatable bonds is 4. The lowest BCUT2D eigenvalue weighted by molar-refractivity contribution is -0.116. The Kier molecular flexibility index (Phi) is 4.97. The largest absolute Gasteiger partial charge is 0.378 e. The van der Waals surface area contributed by atoms with Crippen molar-refractivity contribution >= 4 is 0 Å². The summed E-state index contributed by atoms with van der Waals surface area (Å²) < 4.78 is 17.7. The van der Waals surface area contributed by atoms with Gasteiger partial charge in [-0.15, -0.1) is 0 Å². The van der Waals surface area contributed by atoms with Crippen LogP contribution < -0.4 is 5.32 Å². The molecule has 3 aliphatic heterocycles. The second-order valence-electron chi connectivity index (χ2n) is 6.58. The minimum atomic E-state index is 0.00521. The van der Waals surface area contributed by atoms with Crippen molar-refractivity contribution in [2.75, 3.05) is 33.0 Å². The van der Waals surface area contributed by atoms with E-state index in [1.165, 1.54) is 19.3 Å². The Morgan fingerprint density at radius 3 is 2.85 bits per heavy atom. The summed E-state index contributed by atoms with van der Waals surface area (Å²) in [6.07, 6.45) is 7.48. The van der Waals surface area contributed by atoms with E-state index in [4.69, 9.17) is 14.2 Å². The van der Waals surface area contributed by atoms with Gasteiger partial charge in [0.15, 0.2) is 0 Å². The summed E-state index contributed by atoms with van der Waals surface area (Å²) >= 11 is 0. The summed E-state index contributed by atoms with van der Waals surface area (Å²) in [5, 5.41) is 3.71. The molecule has 0 bridgehead atoms. The molecule has 3 rings (SSSR count). The molecule has 3 saturated heterocycles. The summed E-state index contributed by atoms with van der Waals surface area (Å²) in [6, 6.07) is 0.488. The highest BCUT2D eigenvalue weighted by Crippen LogP contribution is 2.38. The van der Waals surface area contributed by atoms with Gasteiger partial charge in [-0.2, -0.15) is 0 Å². The van der Waals surface area contributed by atoms with Crippen molar-refractivity contribution in [2.24, 2.45) is 5.92 Å². The van der Waals surface area contributed by atoms with Crippen LogP contribution in [0, 0.1) is 5.92 Å². The van der Waals surface area contributed by atoms with Crippen LogP contribution >= 0.6 is 0 Å². The molecular weight excluding hydrogens is 254 g/mol. The first-order chi connectivity index (χ1) is 9.83. The fraction of sp³-hybridized carbons (Fsp3) is 1.00. The Labute approximate surface area is 122 Å². The Balaban J connectivity index is 1.66. The molecule has 0 amide bonds. The molecule has 3 fully saturated rings. The Morgan fingerprint density at radius 2 is 2.15 bits per heavy atom. The van der Waals surface area contributed by atoms with Gasteiger partial charge in [-0.25, -0.2) is 0 Å². The Morgan fingerprint density at radius 1 is 1.20 bits per heavy atom. The maximum atomic E-state index is 6.08. The zero-order valence-corrected chi connectivity index (χ0v) is 12.7. The average molecular weight is 283 g/mol. The van der Waals surface area contributed by atoms with Gasteiger partial charge >= 0.3 is 0 Å². The van der Waals surface area contributed by atoms with Gasteiger partial charge in [-0.3, -0.25) is 0 Å². The number of likely N-dealkylation sites (N-methyl/N-ethyl adjacent to an activating group) is 1. The highest BCUT2D eigenvalue weighted by Gasteiger charge is 2.44. The van der Waals surface area contributed by atoms with Gasteiger partial charge in [0.05, 0.1) is 18.3 Å². The molecule has 0 saturated carbocycles. The number of nitrogens with one attached hydrogen (secondary N) is 1. The van der Waals surface area contributed by atoms with Crippen molar-refractivity contribution in [3.05, 3.63) is 0 Å². The number of hydrogen-bond acceptors (Lipinski definition) is 4. The molecule has 20 heavy (non-hydrogen) atoms. The summed E-state index contributed by atoms with van der Waals surface area (Å²) in [5.74, 6) is 0.661. The van der Waals surface area contributed by atoms with Crippen LogP contribution in [0.2, 0.25) is 0 Å². The summed E-state index contributed by atoms with van der Waals surface area (Å²) in [7, 11) is 0. The van der Waals surface area contributed by atoms with Crippen LogP contribution in [0.1, 0.15) is 45.4 Å². The maximum Gasteiger partial charge on any atom is 0.0939 e. The molecular formula is C16H29NO3. The fourth-order valence-corrected chi connectivity index (χ4v) is 4.12. The first-order valence-electron chi connectivity index (χ1n) is 8.40. The predicted molar refractivity (Wildman–Crippen MR) is 77.9 cm³/mol. The molecule has 0 aromatic heterocycles. The van der Waals surface area contributed by atoms with E-state index < -0.39 is 0 Å². The highest BCUT2D eigenvalue weighted by atomic mass is 16.6. The Bertz CT molecular complexity index is 298. The summed E-state index contributed by atoms with van der Waals surface area (Å²) in [4.78, 5) is 0. The molecule has 4 unspecified atom stereocenters. The van der Waals surface area contributed by atoms with Crippen LogP contribution in [0.4, 0.5) is 0 Å². The molecule has 4 nitrogen and oxygen atoms in total. The van der Waals surface area contributed by atoms with E-state index >= 15 is 0 Å². The molecule has 0 aliphatic carbocycles. The van der Waals surface area contributed by atoms with Gasteiger partial charge in [0.2, 0.25) is 0 Å². The average Bonchev–Trinajstić information content (AvgIpc) is 2.93. The molecule has 3 heterocycles. The van der Waals surface area contributed by atoms with E-state index in [1.807, 2.05) is 0 Å². The van der Waals surface area contributed by atoms with E-state index in [0.717, 1.165) is 52.2 Å². The van der Waals surface area contributed by atoms with Crippen LogP contribution in [-0.4, -0.2) is 50.7 Å². The molecule has 4 atom stereocenters. The summed E-state index contributed by atoms with van der Waals surface area (Å²) in [6.45, 7) is 6.67. The van der Waals surface area contributed by atoms with Crippen LogP contribution in [0.3, 0.4) is 0 Å². The normalized spacial score (nSPS) is 40.0.